The zero-order valence-corrected chi connectivity index (χ0v) is 21.5. The van der Waals surface area contributed by atoms with Crippen molar-refractivity contribution < 1.29 is 39.0 Å². The maximum atomic E-state index is 10.7. The normalized spacial score (nSPS) is 9.72. The van der Waals surface area contributed by atoms with Crippen LogP contribution in [0.4, 0.5) is 0 Å². The number of carbonyl (C=O) groups is 6. The van der Waals surface area contributed by atoms with E-state index in [1.807, 2.05) is 20.8 Å². The summed E-state index contributed by atoms with van der Waals surface area (Å²) < 4.78 is 0. The molecular weight excluding hydrogens is 416 g/mol. The Morgan fingerprint density at radius 2 is 0.906 bits per heavy atom. The van der Waals surface area contributed by atoms with Crippen molar-refractivity contribution in [1.82, 2.24) is 0 Å². The molecule has 188 valence electrons. The van der Waals surface area contributed by atoms with E-state index >= 15 is 0 Å². The Morgan fingerprint density at radius 1 is 0.594 bits per heavy atom. The van der Waals surface area contributed by atoms with Crippen molar-refractivity contribution in [2.45, 2.75) is 88.5 Å². The molecule has 0 aliphatic carbocycles. The molecule has 0 aromatic carbocycles. The summed E-state index contributed by atoms with van der Waals surface area (Å²) in [4.78, 5) is 62.3. The Hall–Kier alpha value is -2.22. The molecular formula is C24H44O8. The van der Waals surface area contributed by atoms with E-state index < -0.39 is 5.97 Å². The van der Waals surface area contributed by atoms with Gasteiger partial charge in [0.25, 0.3) is 0 Å². The molecule has 0 atom stereocenters. The number of carbonyl (C=O) groups excluding carboxylic acids is 5. The molecule has 0 aromatic heterocycles. The highest BCUT2D eigenvalue weighted by atomic mass is 16.4. The quantitative estimate of drug-likeness (QED) is 0.470. The summed E-state index contributed by atoms with van der Waals surface area (Å²) in [7, 11) is 0. The van der Waals surface area contributed by atoms with Crippen molar-refractivity contribution in [2.24, 2.45) is 23.7 Å². The van der Waals surface area contributed by atoms with Gasteiger partial charge in [0, 0.05) is 30.1 Å². The second-order valence-corrected chi connectivity index (χ2v) is 8.45. The third-order valence-corrected chi connectivity index (χ3v) is 3.83. The van der Waals surface area contributed by atoms with Gasteiger partial charge in [0.2, 0.25) is 0 Å². The van der Waals surface area contributed by atoms with Gasteiger partial charge in [-0.05, 0) is 6.92 Å². The van der Waals surface area contributed by atoms with Crippen LogP contribution < -0.4 is 0 Å². The number of Topliss-reactive ketones (excluding diaryl/α,β-unsaturated/α-hetero) is 5. The monoisotopic (exact) mass is 460 g/mol. The van der Waals surface area contributed by atoms with Crippen molar-refractivity contribution in [3.63, 3.8) is 0 Å². The second-order valence-electron chi connectivity index (χ2n) is 8.45. The van der Waals surface area contributed by atoms with Gasteiger partial charge in [-0.15, -0.1) is 0 Å². The first-order valence-corrected chi connectivity index (χ1v) is 10.9. The van der Waals surface area contributed by atoms with Gasteiger partial charge in [0.15, 0.2) is 5.78 Å². The lowest BCUT2D eigenvalue weighted by Crippen LogP contribution is -2.12. The molecule has 32 heavy (non-hydrogen) atoms. The smallest absolute Gasteiger partial charge is 0.310 e. The van der Waals surface area contributed by atoms with Crippen LogP contribution in [0.25, 0.3) is 0 Å². The van der Waals surface area contributed by atoms with E-state index in [1.54, 1.807) is 41.5 Å². The highest BCUT2D eigenvalue weighted by molar-refractivity contribution is 5.98. The number of aliphatic hydroxyl groups excluding tert-OH is 1. The van der Waals surface area contributed by atoms with Crippen LogP contribution in [0.5, 0.6) is 0 Å². The van der Waals surface area contributed by atoms with E-state index in [-0.39, 0.29) is 66.3 Å². The van der Waals surface area contributed by atoms with E-state index in [1.165, 1.54) is 6.92 Å². The average Bonchev–Trinajstić information content (AvgIpc) is 2.66. The molecule has 0 aliphatic rings. The molecule has 8 nitrogen and oxygen atoms in total. The van der Waals surface area contributed by atoms with Gasteiger partial charge in [0.1, 0.15) is 36.2 Å². The van der Waals surface area contributed by atoms with Crippen LogP contribution in [-0.2, 0) is 28.8 Å². The molecule has 0 spiro atoms. The summed E-state index contributed by atoms with van der Waals surface area (Å²) in [5.41, 5.74) is 0. The lowest BCUT2D eigenvalue weighted by Gasteiger charge is -1.98. The number of aliphatic carboxylic acids is 1. The Bertz CT molecular complexity index is 535. The Labute approximate surface area is 193 Å². The van der Waals surface area contributed by atoms with Crippen molar-refractivity contribution in [3.8, 4) is 0 Å². The Kier molecular flexibility index (Phi) is 25.5. The largest absolute Gasteiger partial charge is 0.481 e. The first-order chi connectivity index (χ1) is 14.4. The van der Waals surface area contributed by atoms with Crippen molar-refractivity contribution in [1.29, 1.82) is 0 Å². The number of rotatable bonds is 10. The van der Waals surface area contributed by atoms with E-state index in [4.69, 9.17) is 10.2 Å². The van der Waals surface area contributed by atoms with E-state index in [2.05, 4.69) is 0 Å². The number of ketones is 5. The Balaban J connectivity index is -0.000000165. The van der Waals surface area contributed by atoms with Gasteiger partial charge in [0.05, 0.1) is 6.42 Å². The van der Waals surface area contributed by atoms with Crippen molar-refractivity contribution in [3.05, 3.63) is 0 Å². The van der Waals surface area contributed by atoms with Crippen LogP contribution in [0.1, 0.15) is 88.5 Å². The molecule has 0 fully saturated rings. The van der Waals surface area contributed by atoms with Crippen LogP contribution in [0.3, 0.4) is 0 Å². The van der Waals surface area contributed by atoms with Gasteiger partial charge < -0.3 is 10.2 Å². The molecule has 0 rings (SSSR count). The van der Waals surface area contributed by atoms with Crippen LogP contribution in [0.2, 0.25) is 0 Å². The first-order valence-electron chi connectivity index (χ1n) is 10.9. The van der Waals surface area contributed by atoms with Gasteiger partial charge in [-0.25, -0.2) is 0 Å². The number of carboxylic acid groups (broad SMARTS) is 1. The Morgan fingerprint density at radius 3 is 0.969 bits per heavy atom. The summed E-state index contributed by atoms with van der Waals surface area (Å²) in [5.74, 6) is -1.00. The topological polar surface area (TPSA) is 143 Å². The summed E-state index contributed by atoms with van der Waals surface area (Å²) in [6.45, 7) is 17.3. The molecule has 0 saturated heterocycles. The lowest BCUT2D eigenvalue weighted by atomic mass is 10.1. The molecule has 0 aliphatic heterocycles. The number of aliphatic hydroxyl groups is 1. The molecule has 0 unspecified atom stereocenters. The molecule has 0 heterocycles. The minimum Gasteiger partial charge on any atom is -0.481 e. The second kappa shape index (κ2) is 22.0. The molecule has 8 heteroatoms. The van der Waals surface area contributed by atoms with Crippen molar-refractivity contribution >= 4 is 34.9 Å². The zero-order valence-electron chi connectivity index (χ0n) is 21.5. The summed E-state index contributed by atoms with van der Waals surface area (Å²) in [6.07, 6.45) is 0.424. The lowest BCUT2D eigenvalue weighted by molar-refractivity contribution is -0.141. The summed E-state index contributed by atoms with van der Waals surface area (Å²) in [6, 6.07) is 0. The van der Waals surface area contributed by atoms with Crippen LogP contribution in [-0.4, -0.2) is 51.7 Å². The minimum absolute atomic E-state index is 0.00565. The molecule has 0 radical (unpaired) electrons. The van der Waals surface area contributed by atoms with E-state index in [0.717, 1.165) is 0 Å². The first kappa shape index (κ1) is 37.1. The highest BCUT2D eigenvalue weighted by Gasteiger charge is 2.10. The molecule has 0 aromatic rings. The fraction of sp³-hybridized carbons (Fsp3) is 0.750. The molecule has 2 N–H and O–H groups in total. The maximum Gasteiger partial charge on any atom is 0.310 e. The fourth-order valence-corrected chi connectivity index (χ4v) is 1.39. The SMILES string of the molecule is CC(=O)CC(=O)C(C)C.CC(C)C(=O)CC(=O)O.CC(C)C(=O)CO.CCC(=O)C(C)C. The molecule has 0 amide bonds. The predicted molar refractivity (Wildman–Crippen MR) is 124 cm³/mol. The minimum atomic E-state index is -1.05. The van der Waals surface area contributed by atoms with E-state index in [9.17, 15) is 28.8 Å². The van der Waals surface area contributed by atoms with Crippen LogP contribution in [0, 0.1) is 23.7 Å². The third kappa shape index (κ3) is 30.0. The van der Waals surface area contributed by atoms with Gasteiger partial charge >= 0.3 is 5.97 Å². The van der Waals surface area contributed by atoms with Gasteiger partial charge in [-0.2, -0.15) is 0 Å². The number of carboxylic acids is 1. The van der Waals surface area contributed by atoms with E-state index in [0.29, 0.717) is 12.2 Å². The zero-order chi connectivity index (χ0) is 26.6. The molecule has 0 bridgehead atoms. The standard InChI is InChI=1S/C7H12O2.C6H10O3.C6H12O.C5H10O2/c1-5(2)7(9)4-6(3)8;1-4(2)5(7)3-6(8)9;1-4-6(7)5(2)3;1-4(2)5(7)3-6/h5H,4H2,1-3H3;4H,3H2,1-2H3,(H,8,9);5H,4H2,1-3H3;4,6H,3H2,1-2H3. The summed E-state index contributed by atoms with van der Waals surface area (Å²) in [5, 5.41) is 16.3. The van der Waals surface area contributed by atoms with Gasteiger partial charge in [-0.1, -0.05) is 62.3 Å². The summed E-state index contributed by atoms with van der Waals surface area (Å²) >= 11 is 0. The van der Waals surface area contributed by atoms with Crippen molar-refractivity contribution in [2.75, 3.05) is 6.61 Å². The number of hydrogen-bond donors (Lipinski definition) is 2. The number of hydrogen-bond acceptors (Lipinski definition) is 7. The van der Waals surface area contributed by atoms with Crippen LogP contribution in [0.15, 0.2) is 0 Å². The third-order valence-electron chi connectivity index (χ3n) is 3.83. The average molecular weight is 461 g/mol. The highest BCUT2D eigenvalue weighted by Crippen LogP contribution is 1.98. The molecule has 0 saturated carbocycles. The fourth-order valence-electron chi connectivity index (χ4n) is 1.39. The van der Waals surface area contributed by atoms with Crippen LogP contribution >= 0.6 is 0 Å². The van der Waals surface area contributed by atoms with Gasteiger partial charge in [-0.3, -0.25) is 28.8 Å². The maximum absolute atomic E-state index is 10.7. The predicted octanol–water partition coefficient (Wildman–Crippen LogP) is 3.70.